The van der Waals surface area contributed by atoms with Crippen molar-refractivity contribution in [2.45, 2.75) is 51.3 Å². The van der Waals surface area contributed by atoms with Gasteiger partial charge in [-0.25, -0.2) is 0 Å². The third-order valence-corrected chi connectivity index (χ3v) is 3.40. The van der Waals surface area contributed by atoms with Crippen molar-refractivity contribution < 1.29 is 0 Å². The fourth-order valence-electron chi connectivity index (χ4n) is 1.03. The standard InChI is InChI=1S/C10H23NS/c1-6-7-9(2)11-8-10(3,4)12-5/h9,11H,6-8H2,1-5H3. The molecule has 0 saturated heterocycles. The fourth-order valence-corrected chi connectivity index (χ4v) is 1.25. The van der Waals surface area contributed by atoms with E-state index in [1.807, 2.05) is 11.8 Å². The molecule has 0 rings (SSSR count). The number of hydrogen-bond donors (Lipinski definition) is 1. The second-order valence-electron chi connectivity index (χ2n) is 4.03. The lowest BCUT2D eigenvalue weighted by molar-refractivity contribution is 0.479. The van der Waals surface area contributed by atoms with Gasteiger partial charge < -0.3 is 5.32 Å². The van der Waals surface area contributed by atoms with Gasteiger partial charge in [0.05, 0.1) is 0 Å². The van der Waals surface area contributed by atoms with Crippen molar-refractivity contribution in [3.63, 3.8) is 0 Å². The van der Waals surface area contributed by atoms with Gasteiger partial charge in [0, 0.05) is 17.3 Å². The first-order chi connectivity index (χ1) is 5.52. The van der Waals surface area contributed by atoms with Crippen LogP contribution in [0, 0.1) is 0 Å². The molecule has 0 amide bonds. The summed E-state index contributed by atoms with van der Waals surface area (Å²) in [6.45, 7) is 10.2. The van der Waals surface area contributed by atoms with Gasteiger partial charge in [0.15, 0.2) is 0 Å². The SMILES string of the molecule is CCCC(C)NCC(C)(C)SC. The summed E-state index contributed by atoms with van der Waals surface area (Å²) >= 11 is 1.92. The Morgan fingerprint density at radius 1 is 1.42 bits per heavy atom. The maximum absolute atomic E-state index is 3.55. The van der Waals surface area contributed by atoms with Gasteiger partial charge in [-0.15, -0.1) is 0 Å². The molecule has 1 atom stereocenters. The zero-order valence-corrected chi connectivity index (χ0v) is 9.92. The zero-order chi connectivity index (χ0) is 9.61. The minimum Gasteiger partial charge on any atom is -0.313 e. The highest BCUT2D eigenvalue weighted by atomic mass is 32.2. The molecule has 0 aliphatic carbocycles. The summed E-state index contributed by atoms with van der Waals surface area (Å²) in [5.41, 5.74) is 0. The molecule has 1 unspecified atom stereocenters. The molecular formula is C10H23NS. The topological polar surface area (TPSA) is 12.0 Å². The van der Waals surface area contributed by atoms with Crippen molar-refractivity contribution in [2.24, 2.45) is 0 Å². The van der Waals surface area contributed by atoms with Gasteiger partial charge in [0.2, 0.25) is 0 Å². The van der Waals surface area contributed by atoms with E-state index in [9.17, 15) is 0 Å². The molecule has 0 aromatic carbocycles. The van der Waals surface area contributed by atoms with Crippen LogP contribution in [-0.2, 0) is 0 Å². The molecule has 74 valence electrons. The zero-order valence-electron chi connectivity index (χ0n) is 9.11. The first kappa shape index (κ1) is 12.3. The minimum absolute atomic E-state index is 0.377. The van der Waals surface area contributed by atoms with Crippen molar-refractivity contribution in [3.05, 3.63) is 0 Å². The van der Waals surface area contributed by atoms with E-state index >= 15 is 0 Å². The highest BCUT2D eigenvalue weighted by Gasteiger charge is 2.15. The Morgan fingerprint density at radius 3 is 2.42 bits per heavy atom. The van der Waals surface area contributed by atoms with Crippen LogP contribution < -0.4 is 5.32 Å². The lowest BCUT2D eigenvalue weighted by Gasteiger charge is -2.25. The van der Waals surface area contributed by atoms with E-state index in [2.05, 4.69) is 39.3 Å². The van der Waals surface area contributed by atoms with Crippen molar-refractivity contribution in [1.29, 1.82) is 0 Å². The van der Waals surface area contributed by atoms with Gasteiger partial charge in [0.25, 0.3) is 0 Å². The normalized spacial score (nSPS) is 14.8. The predicted molar refractivity (Wildman–Crippen MR) is 60.0 cm³/mol. The van der Waals surface area contributed by atoms with E-state index in [1.54, 1.807) is 0 Å². The largest absolute Gasteiger partial charge is 0.313 e. The fraction of sp³-hybridized carbons (Fsp3) is 1.00. The van der Waals surface area contributed by atoms with E-state index in [1.165, 1.54) is 12.8 Å². The molecule has 0 fully saturated rings. The number of nitrogens with one attached hydrogen (secondary N) is 1. The second kappa shape index (κ2) is 5.87. The van der Waals surface area contributed by atoms with Crippen molar-refractivity contribution in [3.8, 4) is 0 Å². The van der Waals surface area contributed by atoms with Crippen LogP contribution in [0.3, 0.4) is 0 Å². The quantitative estimate of drug-likeness (QED) is 0.689. The summed E-state index contributed by atoms with van der Waals surface area (Å²) in [6.07, 6.45) is 4.73. The van der Waals surface area contributed by atoms with Gasteiger partial charge in [0.1, 0.15) is 0 Å². The summed E-state index contributed by atoms with van der Waals surface area (Å²) in [6, 6.07) is 0.668. The lowest BCUT2D eigenvalue weighted by Crippen LogP contribution is -2.37. The molecular weight excluding hydrogens is 166 g/mol. The maximum Gasteiger partial charge on any atom is 0.0225 e. The Bertz CT molecular complexity index is 112. The molecule has 1 N–H and O–H groups in total. The molecule has 0 spiro atoms. The van der Waals surface area contributed by atoms with Crippen LogP contribution in [-0.4, -0.2) is 23.6 Å². The number of thioether (sulfide) groups is 1. The van der Waals surface area contributed by atoms with E-state index < -0.39 is 0 Å². The lowest BCUT2D eigenvalue weighted by atomic mass is 10.1. The van der Waals surface area contributed by atoms with Gasteiger partial charge in [-0.3, -0.25) is 0 Å². The van der Waals surface area contributed by atoms with Crippen molar-refractivity contribution >= 4 is 11.8 Å². The summed E-state index contributed by atoms with van der Waals surface area (Å²) in [4.78, 5) is 0. The molecule has 0 saturated carbocycles. The molecule has 1 nitrogen and oxygen atoms in total. The average Bonchev–Trinajstić information content (AvgIpc) is 2.02. The van der Waals surface area contributed by atoms with Crippen LogP contribution in [0.2, 0.25) is 0 Å². The summed E-state index contributed by atoms with van der Waals surface area (Å²) in [7, 11) is 0. The highest BCUT2D eigenvalue weighted by molar-refractivity contribution is 7.99. The number of rotatable bonds is 6. The van der Waals surface area contributed by atoms with Gasteiger partial charge in [-0.1, -0.05) is 13.3 Å². The van der Waals surface area contributed by atoms with E-state index in [0.717, 1.165) is 6.54 Å². The van der Waals surface area contributed by atoms with Crippen LogP contribution >= 0.6 is 11.8 Å². The molecule has 2 heteroatoms. The molecule has 0 aliphatic heterocycles. The molecule has 12 heavy (non-hydrogen) atoms. The Morgan fingerprint density at radius 2 is 2.00 bits per heavy atom. The Labute approximate surface area is 81.7 Å². The minimum atomic E-state index is 0.377. The Balaban J connectivity index is 3.52. The first-order valence-electron chi connectivity index (χ1n) is 4.80. The third kappa shape index (κ3) is 5.90. The summed E-state index contributed by atoms with van der Waals surface area (Å²) in [5, 5.41) is 3.55. The van der Waals surface area contributed by atoms with Crippen LogP contribution in [0.4, 0.5) is 0 Å². The molecule has 0 aliphatic rings. The monoisotopic (exact) mass is 189 g/mol. The van der Waals surface area contributed by atoms with E-state index in [-0.39, 0.29) is 0 Å². The molecule has 0 aromatic rings. The number of hydrogen-bond acceptors (Lipinski definition) is 2. The smallest absolute Gasteiger partial charge is 0.0225 e. The van der Waals surface area contributed by atoms with Crippen molar-refractivity contribution in [2.75, 3.05) is 12.8 Å². The van der Waals surface area contributed by atoms with Gasteiger partial charge >= 0.3 is 0 Å². The maximum atomic E-state index is 3.55. The molecule has 0 heterocycles. The molecule has 0 aromatic heterocycles. The summed E-state index contributed by atoms with van der Waals surface area (Å²) < 4.78 is 0.377. The Kier molecular flexibility index (Phi) is 6.02. The van der Waals surface area contributed by atoms with Crippen molar-refractivity contribution in [1.82, 2.24) is 5.32 Å². The van der Waals surface area contributed by atoms with Gasteiger partial charge in [-0.05, 0) is 33.4 Å². The van der Waals surface area contributed by atoms with Crippen LogP contribution in [0.5, 0.6) is 0 Å². The van der Waals surface area contributed by atoms with Crippen LogP contribution in [0.25, 0.3) is 0 Å². The summed E-state index contributed by atoms with van der Waals surface area (Å²) in [5.74, 6) is 0. The third-order valence-electron chi connectivity index (χ3n) is 2.15. The first-order valence-corrected chi connectivity index (χ1v) is 6.03. The predicted octanol–water partition coefficient (Wildman–Crippen LogP) is 2.91. The van der Waals surface area contributed by atoms with Crippen LogP contribution in [0.1, 0.15) is 40.5 Å². The molecule has 0 radical (unpaired) electrons. The Hall–Kier alpha value is 0.310. The second-order valence-corrected chi connectivity index (χ2v) is 5.55. The molecule has 0 bridgehead atoms. The highest BCUT2D eigenvalue weighted by Crippen LogP contribution is 2.19. The average molecular weight is 189 g/mol. The van der Waals surface area contributed by atoms with E-state index in [4.69, 9.17) is 0 Å². The van der Waals surface area contributed by atoms with Gasteiger partial charge in [-0.2, -0.15) is 11.8 Å². The van der Waals surface area contributed by atoms with Crippen LogP contribution in [0.15, 0.2) is 0 Å². The van der Waals surface area contributed by atoms with E-state index in [0.29, 0.717) is 10.8 Å².